The first-order chi connectivity index (χ1) is 10.3. The van der Waals surface area contributed by atoms with Crippen molar-refractivity contribution >= 4 is 22.7 Å². The van der Waals surface area contributed by atoms with E-state index in [2.05, 4.69) is 37.4 Å². The normalized spacial score (nSPS) is 12.9. The lowest BCUT2D eigenvalue weighted by atomic mass is 10.2. The third-order valence-electron chi connectivity index (χ3n) is 3.61. The predicted molar refractivity (Wildman–Crippen MR) is 94.1 cm³/mol. The first-order valence-electron chi connectivity index (χ1n) is 8.14. The van der Waals surface area contributed by atoms with Gasteiger partial charge in [-0.1, -0.05) is 44.9 Å². The molecule has 2 nitrogen and oxygen atoms in total. The van der Waals surface area contributed by atoms with Crippen LogP contribution in [0.4, 0.5) is 0 Å². The number of rotatable bonds is 10. The van der Waals surface area contributed by atoms with Gasteiger partial charge in [-0.05, 0) is 37.3 Å². The van der Waals surface area contributed by atoms with Crippen molar-refractivity contribution in [2.75, 3.05) is 18.1 Å². The SMILES string of the molecule is CCCCCSCC(NCCC)c1cc2ccccc2o1. The fourth-order valence-corrected chi connectivity index (χ4v) is 3.48. The van der Waals surface area contributed by atoms with E-state index in [-0.39, 0.29) is 0 Å². The summed E-state index contributed by atoms with van der Waals surface area (Å²) in [7, 11) is 0. The lowest BCUT2D eigenvalue weighted by Crippen LogP contribution is -2.23. The predicted octanol–water partition coefficient (Wildman–Crippen LogP) is 5.40. The highest BCUT2D eigenvalue weighted by Crippen LogP contribution is 2.26. The highest BCUT2D eigenvalue weighted by molar-refractivity contribution is 7.99. The van der Waals surface area contributed by atoms with Gasteiger partial charge in [0.15, 0.2) is 0 Å². The van der Waals surface area contributed by atoms with Crippen LogP contribution in [0.5, 0.6) is 0 Å². The van der Waals surface area contributed by atoms with E-state index in [0.717, 1.165) is 30.1 Å². The maximum absolute atomic E-state index is 6.03. The van der Waals surface area contributed by atoms with Gasteiger partial charge in [-0.15, -0.1) is 0 Å². The van der Waals surface area contributed by atoms with E-state index < -0.39 is 0 Å². The summed E-state index contributed by atoms with van der Waals surface area (Å²) in [4.78, 5) is 0. The zero-order valence-electron chi connectivity index (χ0n) is 13.2. The summed E-state index contributed by atoms with van der Waals surface area (Å²) in [5, 5.41) is 4.82. The summed E-state index contributed by atoms with van der Waals surface area (Å²) in [5.74, 6) is 3.41. The molecule has 1 aromatic heterocycles. The van der Waals surface area contributed by atoms with E-state index in [1.807, 2.05) is 23.9 Å². The monoisotopic (exact) mass is 305 g/mol. The lowest BCUT2D eigenvalue weighted by molar-refractivity contribution is 0.456. The van der Waals surface area contributed by atoms with Crippen LogP contribution in [0.1, 0.15) is 51.3 Å². The zero-order valence-corrected chi connectivity index (χ0v) is 14.0. The Morgan fingerprint density at radius 1 is 1.14 bits per heavy atom. The average Bonchev–Trinajstić information content (AvgIpc) is 2.93. The van der Waals surface area contributed by atoms with Crippen LogP contribution in [0.15, 0.2) is 34.7 Å². The zero-order chi connectivity index (χ0) is 14.9. The molecule has 0 radical (unpaired) electrons. The Kier molecular flexibility index (Phi) is 7.17. The van der Waals surface area contributed by atoms with Gasteiger partial charge in [-0.2, -0.15) is 11.8 Å². The molecule has 0 spiro atoms. The largest absolute Gasteiger partial charge is 0.459 e. The van der Waals surface area contributed by atoms with Crippen LogP contribution < -0.4 is 5.32 Å². The first-order valence-corrected chi connectivity index (χ1v) is 9.30. The molecule has 1 aromatic carbocycles. The first kappa shape index (κ1) is 16.4. The van der Waals surface area contributed by atoms with Gasteiger partial charge in [0, 0.05) is 11.1 Å². The molecule has 1 N–H and O–H groups in total. The molecule has 0 aliphatic rings. The molecule has 0 aliphatic heterocycles. The van der Waals surface area contributed by atoms with Gasteiger partial charge in [0.2, 0.25) is 0 Å². The summed E-state index contributed by atoms with van der Waals surface area (Å²) in [6, 6.07) is 10.8. The second-order valence-electron chi connectivity index (χ2n) is 5.48. The molecule has 116 valence electrons. The highest BCUT2D eigenvalue weighted by Gasteiger charge is 2.15. The van der Waals surface area contributed by atoms with Gasteiger partial charge in [0.25, 0.3) is 0 Å². The van der Waals surface area contributed by atoms with Crippen molar-refractivity contribution in [2.45, 2.75) is 45.6 Å². The standard InChI is InChI=1S/C18H27NOS/c1-3-5-8-12-21-14-16(19-11-4-2)18-13-15-9-6-7-10-17(15)20-18/h6-7,9-10,13,16,19H,3-5,8,11-12,14H2,1-2H3. The molecule has 1 unspecified atom stereocenters. The molecule has 1 heterocycles. The topological polar surface area (TPSA) is 25.2 Å². The van der Waals surface area contributed by atoms with Crippen molar-refractivity contribution in [2.24, 2.45) is 0 Å². The number of nitrogens with one attached hydrogen (secondary N) is 1. The van der Waals surface area contributed by atoms with Gasteiger partial charge in [-0.3, -0.25) is 0 Å². The second-order valence-corrected chi connectivity index (χ2v) is 6.63. The minimum Gasteiger partial charge on any atom is -0.459 e. The fraction of sp³-hybridized carbons (Fsp3) is 0.556. The molecule has 2 aromatic rings. The number of unbranched alkanes of at least 4 members (excludes halogenated alkanes) is 2. The number of hydrogen-bond donors (Lipinski definition) is 1. The summed E-state index contributed by atoms with van der Waals surface area (Å²) in [5.41, 5.74) is 0.992. The minimum atomic E-state index is 0.323. The maximum atomic E-state index is 6.03. The minimum absolute atomic E-state index is 0.323. The van der Waals surface area contributed by atoms with Crippen LogP contribution in [0, 0.1) is 0 Å². The van der Waals surface area contributed by atoms with Gasteiger partial charge in [0.1, 0.15) is 11.3 Å². The molecule has 0 bridgehead atoms. The number of para-hydroxylation sites is 1. The smallest absolute Gasteiger partial charge is 0.134 e. The molecular weight excluding hydrogens is 278 g/mol. The molecule has 0 saturated carbocycles. The summed E-state index contributed by atoms with van der Waals surface area (Å²) < 4.78 is 6.03. The number of hydrogen-bond acceptors (Lipinski definition) is 3. The number of benzene rings is 1. The Morgan fingerprint density at radius 3 is 2.76 bits per heavy atom. The third kappa shape index (κ3) is 5.08. The summed E-state index contributed by atoms with van der Waals surface area (Å²) >= 11 is 2.03. The van der Waals surface area contributed by atoms with Gasteiger partial charge in [-0.25, -0.2) is 0 Å². The maximum Gasteiger partial charge on any atom is 0.134 e. The van der Waals surface area contributed by atoms with Gasteiger partial charge >= 0.3 is 0 Å². The Morgan fingerprint density at radius 2 is 2.00 bits per heavy atom. The van der Waals surface area contributed by atoms with Crippen molar-refractivity contribution in [3.8, 4) is 0 Å². The van der Waals surface area contributed by atoms with E-state index in [0.29, 0.717) is 6.04 Å². The van der Waals surface area contributed by atoms with Gasteiger partial charge < -0.3 is 9.73 Å². The van der Waals surface area contributed by atoms with Crippen LogP contribution in [-0.4, -0.2) is 18.1 Å². The molecule has 0 saturated heterocycles. The third-order valence-corrected chi connectivity index (χ3v) is 4.75. The van der Waals surface area contributed by atoms with Crippen LogP contribution in [0.2, 0.25) is 0 Å². The molecule has 0 aliphatic carbocycles. The molecule has 21 heavy (non-hydrogen) atoms. The Balaban J connectivity index is 1.97. The Hall–Kier alpha value is -0.930. The summed E-state index contributed by atoms with van der Waals surface area (Å²) in [6.45, 7) is 5.50. The molecule has 3 heteroatoms. The quantitative estimate of drug-likeness (QED) is 0.595. The van der Waals surface area contributed by atoms with E-state index in [4.69, 9.17) is 4.42 Å². The number of thioether (sulfide) groups is 1. The molecule has 2 rings (SSSR count). The van der Waals surface area contributed by atoms with Crippen LogP contribution in [0.3, 0.4) is 0 Å². The van der Waals surface area contributed by atoms with Crippen molar-refractivity contribution in [3.05, 3.63) is 36.1 Å². The number of furan rings is 1. The number of fused-ring (bicyclic) bond motifs is 1. The van der Waals surface area contributed by atoms with Crippen molar-refractivity contribution in [1.82, 2.24) is 5.32 Å². The molecule has 0 fully saturated rings. The summed E-state index contributed by atoms with van der Waals surface area (Å²) in [6.07, 6.45) is 5.10. The van der Waals surface area contributed by atoms with E-state index in [9.17, 15) is 0 Å². The van der Waals surface area contributed by atoms with Gasteiger partial charge in [0.05, 0.1) is 6.04 Å². The highest BCUT2D eigenvalue weighted by atomic mass is 32.2. The fourth-order valence-electron chi connectivity index (χ4n) is 2.39. The van der Waals surface area contributed by atoms with Crippen molar-refractivity contribution < 1.29 is 4.42 Å². The van der Waals surface area contributed by atoms with Crippen LogP contribution in [0.25, 0.3) is 11.0 Å². The van der Waals surface area contributed by atoms with E-state index >= 15 is 0 Å². The molecular formula is C18H27NOS. The second kappa shape index (κ2) is 9.16. The Bertz CT molecular complexity index is 490. The average molecular weight is 305 g/mol. The van der Waals surface area contributed by atoms with Crippen LogP contribution in [-0.2, 0) is 0 Å². The Labute approximate surface area is 132 Å². The van der Waals surface area contributed by atoms with Crippen molar-refractivity contribution in [3.63, 3.8) is 0 Å². The van der Waals surface area contributed by atoms with Crippen LogP contribution >= 0.6 is 11.8 Å². The molecule has 1 atom stereocenters. The molecule has 0 amide bonds. The van der Waals surface area contributed by atoms with Crippen molar-refractivity contribution in [1.29, 1.82) is 0 Å². The van der Waals surface area contributed by atoms with E-state index in [1.54, 1.807) is 0 Å². The van der Waals surface area contributed by atoms with E-state index in [1.165, 1.54) is 30.4 Å². The lowest BCUT2D eigenvalue weighted by Gasteiger charge is -2.15.